The highest BCUT2D eigenvalue weighted by Gasteiger charge is 2.24. The fourth-order valence-electron chi connectivity index (χ4n) is 1.91. The van der Waals surface area contributed by atoms with Crippen molar-refractivity contribution in [1.82, 2.24) is 0 Å². The molecule has 1 aromatic carbocycles. The van der Waals surface area contributed by atoms with Crippen molar-refractivity contribution in [3.8, 4) is 5.75 Å². The van der Waals surface area contributed by atoms with Gasteiger partial charge >= 0.3 is 0 Å². The van der Waals surface area contributed by atoms with E-state index >= 15 is 0 Å². The number of rotatable bonds is 5. The van der Waals surface area contributed by atoms with Gasteiger partial charge in [-0.2, -0.15) is 0 Å². The molecular weight excluding hydrogens is 198 g/mol. The Hall–Kier alpha value is -1.02. The number of benzene rings is 1. The minimum Gasteiger partial charge on any atom is -0.491 e. The molecule has 16 heavy (non-hydrogen) atoms. The van der Waals surface area contributed by atoms with E-state index in [1.165, 1.54) is 18.4 Å². The lowest BCUT2D eigenvalue weighted by Crippen LogP contribution is -2.11. The monoisotopic (exact) mass is 219 g/mol. The Balaban J connectivity index is 1.94. The molecule has 0 aliphatic heterocycles. The first-order valence-electron chi connectivity index (χ1n) is 6.17. The Kier molecular flexibility index (Phi) is 3.49. The molecule has 2 rings (SSSR count). The minimum absolute atomic E-state index is 0.195. The highest BCUT2D eigenvalue weighted by atomic mass is 16.5. The van der Waals surface area contributed by atoms with Crippen molar-refractivity contribution >= 4 is 0 Å². The average molecular weight is 219 g/mol. The lowest BCUT2D eigenvalue weighted by atomic mass is 10.0. The smallest absolute Gasteiger partial charge is 0.119 e. The van der Waals surface area contributed by atoms with E-state index in [0.717, 1.165) is 18.1 Å². The zero-order chi connectivity index (χ0) is 11.5. The summed E-state index contributed by atoms with van der Waals surface area (Å²) in [5.41, 5.74) is 7.37. The van der Waals surface area contributed by atoms with Crippen LogP contribution < -0.4 is 10.5 Å². The third-order valence-electron chi connectivity index (χ3n) is 2.96. The van der Waals surface area contributed by atoms with Crippen LogP contribution in [0.2, 0.25) is 0 Å². The summed E-state index contributed by atoms with van der Waals surface area (Å²) in [5, 5.41) is 0. The maximum absolute atomic E-state index is 6.15. The zero-order valence-corrected chi connectivity index (χ0v) is 10.1. The molecule has 0 unspecified atom stereocenters. The molecule has 1 aromatic rings. The molecule has 0 spiro atoms. The third-order valence-corrected chi connectivity index (χ3v) is 2.96. The van der Waals surface area contributed by atoms with Gasteiger partial charge in [0.25, 0.3) is 0 Å². The van der Waals surface area contributed by atoms with Crippen molar-refractivity contribution in [3.63, 3.8) is 0 Å². The Morgan fingerprint density at radius 3 is 2.38 bits per heavy atom. The third kappa shape index (κ3) is 3.24. The number of nitrogens with two attached hydrogens (primary N) is 1. The summed E-state index contributed by atoms with van der Waals surface area (Å²) >= 11 is 0. The van der Waals surface area contributed by atoms with Gasteiger partial charge in [-0.05, 0) is 43.9 Å². The molecule has 88 valence electrons. The first kappa shape index (κ1) is 11.5. The summed E-state index contributed by atoms with van der Waals surface area (Å²) in [7, 11) is 0. The van der Waals surface area contributed by atoms with Gasteiger partial charge in [-0.3, -0.25) is 0 Å². The topological polar surface area (TPSA) is 35.2 Å². The van der Waals surface area contributed by atoms with Gasteiger partial charge in [0.15, 0.2) is 0 Å². The van der Waals surface area contributed by atoms with Crippen molar-refractivity contribution < 1.29 is 4.74 Å². The molecule has 0 amide bonds. The summed E-state index contributed by atoms with van der Waals surface area (Å²) in [6, 6.07) is 8.40. The van der Waals surface area contributed by atoms with E-state index in [-0.39, 0.29) is 12.1 Å². The Bertz CT molecular complexity index is 327. The minimum atomic E-state index is 0.195. The molecule has 1 atom stereocenters. The second-order valence-electron chi connectivity index (χ2n) is 5.02. The van der Waals surface area contributed by atoms with E-state index in [0.29, 0.717) is 0 Å². The molecular formula is C14H21NO. The molecule has 1 fully saturated rings. The van der Waals surface area contributed by atoms with E-state index in [2.05, 4.69) is 12.1 Å². The first-order chi connectivity index (χ1) is 7.65. The highest BCUT2D eigenvalue weighted by molar-refractivity contribution is 5.29. The van der Waals surface area contributed by atoms with Crippen LogP contribution in [-0.4, -0.2) is 6.10 Å². The standard InChI is InChI=1S/C14H21NO/c1-10(2)16-13-7-5-12(6-8-13)14(15)9-11-3-4-11/h5-8,10-11,14H,3-4,9,15H2,1-2H3/t14-/m0/s1. The summed E-state index contributed by atoms with van der Waals surface area (Å²) in [6.07, 6.45) is 4.08. The zero-order valence-electron chi connectivity index (χ0n) is 10.1. The normalized spacial score (nSPS) is 17.5. The maximum Gasteiger partial charge on any atom is 0.119 e. The summed E-state index contributed by atoms with van der Waals surface area (Å²) in [6.45, 7) is 4.07. The van der Waals surface area contributed by atoms with Gasteiger partial charge in [-0.15, -0.1) is 0 Å². The predicted molar refractivity (Wildman–Crippen MR) is 66.5 cm³/mol. The molecule has 2 N–H and O–H groups in total. The quantitative estimate of drug-likeness (QED) is 0.825. The van der Waals surface area contributed by atoms with Crippen LogP contribution >= 0.6 is 0 Å². The van der Waals surface area contributed by atoms with E-state index in [4.69, 9.17) is 10.5 Å². The molecule has 2 heteroatoms. The van der Waals surface area contributed by atoms with Gasteiger partial charge in [0, 0.05) is 6.04 Å². The second-order valence-corrected chi connectivity index (χ2v) is 5.02. The Morgan fingerprint density at radius 1 is 1.25 bits per heavy atom. The summed E-state index contributed by atoms with van der Waals surface area (Å²) in [4.78, 5) is 0. The molecule has 0 aromatic heterocycles. The molecule has 0 bridgehead atoms. The molecule has 0 radical (unpaired) electrons. The molecule has 2 nitrogen and oxygen atoms in total. The van der Waals surface area contributed by atoms with Crippen LogP contribution in [0.3, 0.4) is 0 Å². The Labute approximate surface area is 97.8 Å². The fourth-order valence-corrected chi connectivity index (χ4v) is 1.91. The average Bonchev–Trinajstić information content (AvgIpc) is 3.01. The molecule has 0 saturated heterocycles. The number of hydrogen-bond acceptors (Lipinski definition) is 2. The van der Waals surface area contributed by atoms with Crippen LogP contribution in [-0.2, 0) is 0 Å². The van der Waals surface area contributed by atoms with Crippen molar-refractivity contribution in [2.45, 2.75) is 45.3 Å². The van der Waals surface area contributed by atoms with Crippen LogP contribution in [0.4, 0.5) is 0 Å². The maximum atomic E-state index is 6.15. The van der Waals surface area contributed by atoms with E-state index in [1.807, 2.05) is 26.0 Å². The van der Waals surface area contributed by atoms with E-state index in [9.17, 15) is 0 Å². The second kappa shape index (κ2) is 4.88. The van der Waals surface area contributed by atoms with Crippen LogP contribution in [0.5, 0.6) is 5.75 Å². The molecule has 0 heterocycles. The van der Waals surface area contributed by atoms with Gasteiger partial charge in [-0.1, -0.05) is 25.0 Å². The van der Waals surface area contributed by atoms with E-state index in [1.54, 1.807) is 0 Å². The Morgan fingerprint density at radius 2 is 1.88 bits per heavy atom. The van der Waals surface area contributed by atoms with Crippen LogP contribution in [0.15, 0.2) is 24.3 Å². The van der Waals surface area contributed by atoms with Gasteiger partial charge in [-0.25, -0.2) is 0 Å². The van der Waals surface area contributed by atoms with Crippen molar-refractivity contribution in [2.24, 2.45) is 11.7 Å². The number of ether oxygens (including phenoxy) is 1. The predicted octanol–water partition coefficient (Wildman–Crippen LogP) is 3.27. The molecule has 1 aliphatic rings. The van der Waals surface area contributed by atoms with Crippen LogP contribution in [0, 0.1) is 5.92 Å². The van der Waals surface area contributed by atoms with Crippen LogP contribution in [0.1, 0.15) is 44.7 Å². The van der Waals surface area contributed by atoms with Crippen LogP contribution in [0.25, 0.3) is 0 Å². The SMILES string of the molecule is CC(C)Oc1ccc([C@@H](N)CC2CC2)cc1. The van der Waals surface area contributed by atoms with Gasteiger partial charge in [0.05, 0.1) is 6.10 Å². The van der Waals surface area contributed by atoms with Gasteiger partial charge in [0.1, 0.15) is 5.75 Å². The lowest BCUT2D eigenvalue weighted by molar-refractivity contribution is 0.242. The van der Waals surface area contributed by atoms with E-state index < -0.39 is 0 Å². The lowest BCUT2D eigenvalue weighted by Gasteiger charge is -2.13. The van der Waals surface area contributed by atoms with Crippen molar-refractivity contribution in [3.05, 3.63) is 29.8 Å². The van der Waals surface area contributed by atoms with Crippen molar-refractivity contribution in [1.29, 1.82) is 0 Å². The van der Waals surface area contributed by atoms with Gasteiger partial charge < -0.3 is 10.5 Å². The molecule has 1 saturated carbocycles. The fraction of sp³-hybridized carbons (Fsp3) is 0.571. The summed E-state index contributed by atoms with van der Waals surface area (Å²) in [5.74, 6) is 1.80. The summed E-state index contributed by atoms with van der Waals surface area (Å²) < 4.78 is 5.60. The first-order valence-corrected chi connectivity index (χ1v) is 6.17. The van der Waals surface area contributed by atoms with Crippen molar-refractivity contribution in [2.75, 3.05) is 0 Å². The molecule has 1 aliphatic carbocycles. The largest absolute Gasteiger partial charge is 0.491 e. The van der Waals surface area contributed by atoms with Gasteiger partial charge in [0.2, 0.25) is 0 Å². The number of hydrogen-bond donors (Lipinski definition) is 1. The highest BCUT2D eigenvalue weighted by Crippen LogP contribution is 2.36.